The molecule has 0 spiro atoms. The van der Waals surface area contributed by atoms with E-state index in [0.717, 1.165) is 25.1 Å². The van der Waals surface area contributed by atoms with Crippen molar-refractivity contribution < 1.29 is 19.5 Å². The summed E-state index contributed by atoms with van der Waals surface area (Å²) in [6, 6.07) is 5.35. The number of nitrogens with one attached hydrogen (secondary N) is 2. The Kier molecular flexibility index (Phi) is 6.00. The molecule has 1 heterocycles. The van der Waals surface area contributed by atoms with Crippen molar-refractivity contribution in [1.82, 2.24) is 15.1 Å². The normalized spacial score (nSPS) is 14.5. The molecule has 0 bridgehead atoms. The van der Waals surface area contributed by atoms with E-state index >= 15 is 0 Å². The third-order valence-electron chi connectivity index (χ3n) is 4.75. The average molecular weight is 398 g/mol. The SMILES string of the molecule is CC(C)Cn1ncc(C(=O)Nc2ccc(C(=O)NC(C)C(=O)O)cc2)c1C1CC1. The molecule has 3 N–H and O–H groups in total. The molecule has 154 valence electrons. The standard InChI is InChI=1S/C21H26N4O4/c1-12(2)11-25-18(14-4-5-14)17(10-22-25)20(27)24-16-8-6-15(7-9-16)19(26)23-13(3)21(28)29/h6-10,12-14H,4-5,11H2,1-3H3,(H,23,26)(H,24,27)(H,28,29). The van der Waals surface area contributed by atoms with Crippen LogP contribution in [0, 0.1) is 5.92 Å². The molecule has 2 amide bonds. The van der Waals surface area contributed by atoms with Gasteiger partial charge in [0, 0.05) is 23.7 Å². The van der Waals surface area contributed by atoms with Gasteiger partial charge < -0.3 is 15.7 Å². The summed E-state index contributed by atoms with van der Waals surface area (Å²) < 4.78 is 1.94. The summed E-state index contributed by atoms with van der Waals surface area (Å²) in [7, 11) is 0. The number of amides is 2. The molecule has 29 heavy (non-hydrogen) atoms. The fourth-order valence-electron chi connectivity index (χ4n) is 3.09. The third kappa shape index (κ3) is 5.01. The van der Waals surface area contributed by atoms with Gasteiger partial charge in [-0.25, -0.2) is 0 Å². The number of carbonyl (C=O) groups excluding carboxylic acids is 2. The Bertz CT molecular complexity index is 913. The van der Waals surface area contributed by atoms with E-state index in [2.05, 4.69) is 29.6 Å². The van der Waals surface area contributed by atoms with E-state index in [1.165, 1.54) is 6.92 Å². The number of nitrogens with zero attached hydrogens (tertiary/aromatic N) is 2. The van der Waals surface area contributed by atoms with Gasteiger partial charge >= 0.3 is 5.97 Å². The van der Waals surface area contributed by atoms with Gasteiger partial charge in [0.25, 0.3) is 11.8 Å². The molecule has 1 aliphatic rings. The van der Waals surface area contributed by atoms with E-state index in [4.69, 9.17) is 5.11 Å². The summed E-state index contributed by atoms with van der Waals surface area (Å²) in [6.07, 6.45) is 3.77. The number of carboxylic acids is 1. The Labute approximate surface area is 169 Å². The number of hydrogen-bond donors (Lipinski definition) is 3. The topological polar surface area (TPSA) is 113 Å². The van der Waals surface area contributed by atoms with Crippen LogP contribution in [-0.2, 0) is 11.3 Å². The third-order valence-corrected chi connectivity index (χ3v) is 4.75. The zero-order chi connectivity index (χ0) is 21.1. The van der Waals surface area contributed by atoms with Gasteiger partial charge in [-0.15, -0.1) is 0 Å². The number of carbonyl (C=O) groups is 3. The van der Waals surface area contributed by atoms with Crippen LogP contribution in [0.1, 0.15) is 65.9 Å². The number of aromatic nitrogens is 2. The van der Waals surface area contributed by atoms with Gasteiger partial charge in [-0.2, -0.15) is 5.10 Å². The molecule has 8 nitrogen and oxygen atoms in total. The Hall–Kier alpha value is -3.16. The van der Waals surface area contributed by atoms with E-state index < -0.39 is 17.9 Å². The van der Waals surface area contributed by atoms with Crippen molar-refractivity contribution in [3.05, 3.63) is 47.3 Å². The lowest BCUT2D eigenvalue weighted by Crippen LogP contribution is -2.38. The minimum atomic E-state index is -1.10. The molecule has 1 aromatic carbocycles. The van der Waals surface area contributed by atoms with Crippen molar-refractivity contribution in [2.75, 3.05) is 5.32 Å². The highest BCUT2D eigenvalue weighted by atomic mass is 16.4. The number of carboxylic acid groups (broad SMARTS) is 1. The molecule has 3 rings (SSSR count). The summed E-state index contributed by atoms with van der Waals surface area (Å²) in [5, 5.41) is 18.5. The van der Waals surface area contributed by atoms with Crippen LogP contribution in [0.15, 0.2) is 30.5 Å². The number of aliphatic carboxylic acids is 1. The lowest BCUT2D eigenvalue weighted by Gasteiger charge is -2.12. The largest absolute Gasteiger partial charge is 0.480 e. The highest BCUT2D eigenvalue weighted by Gasteiger charge is 2.32. The van der Waals surface area contributed by atoms with Crippen molar-refractivity contribution in [2.24, 2.45) is 5.92 Å². The zero-order valence-electron chi connectivity index (χ0n) is 16.8. The molecule has 1 aromatic heterocycles. The van der Waals surface area contributed by atoms with Gasteiger partial charge in [-0.05, 0) is 49.9 Å². The molecular weight excluding hydrogens is 372 g/mol. The van der Waals surface area contributed by atoms with Gasteiger partial charge in [0.1, 0.15) is 6.04 Å². The predicted molar refractivity (Wildman–Crippen MR) is 108 cm³/mol. The maximum absolute atomic E-state index is 12.8. The monoisotopic (exact) mass is 398 g/mol. The molecular formula is C21H26N4O4. The molecule has 2 aromatic rings. The maximum atomic E-state index is 12.8. The molecule has 1 saturated carbocycles. The van der Waals surface area contributed by atoms with Crippen molar-refractivity contribution >= 4 is 23.5 Å². The molecule has 1 unspecified atom stereocenters. The smallest absolute Gasteiger partial charge is 0.325 e. The fourth-order valence-corrected chi connectivity index (χ4v) is 3.09. The Balaban J connectivity index is 1.69. The van der Waals surface area contributed by atoms with Crippen LogP contribution >= 0.6 is 0 Å². The van der Waals surface area contributed by atoms with Crippen LogP contribution in [-0.4, -0.2) is 38.7 Å². The maximum Gasteiger partial charge on any atom is 0.325 e. The second-order valence-corrected chi connectivity index (χ2v) is 7.86. The lowest BCUT2D eigenvalue weighted by atomic mass is 10.1. The first kappa shape index (κ1) is 20.6. The Morgan fingerprint density at radius 3 is 2.34 bits per heavy atom. The van der Waals surface area contributed by atoms with E-state index in [9.17, 15) is 14.4 Å². The second-order valence-electron chi connectivity index (χ2n) is 7.86. The van der Waals surface area contributed by atoms with Gasteiger partial charge in [-0.1, -0.05) is 13.8 Å². The van der Waals surface area contributed by atoms with Crippen molar-refractivity contribution in [1.29, 1.82) is 0 Å². The quantitative estimate of drug-likeness (QED) is 0.633. The summed E-state index contributed by atoms with van der Waals surface area (Å²) in [5.74, 6) is -0.987. The van der Waals surface area contributed by atoms with Gasteiger partial charge in [0.05, 0.1) is 17.5 Å². The molecule has 1 fully saturated rings. The highest BCUT2D eigenvalue weighted by Crippen LogP contribution is 2.42. The minimum Gasteiger partial charge on any atom is -0.480 e. The van der Waals surface area contributed by atoms with Crippen molar-refractivity contribution in [2.45, 2.75) is 52.1 Å². The van der Waals surface area contributed by atoms with Crippen LogP contribution in [0.4, 0.5) is 5.69 Å². The highest BCUT2D eigenvalue weighted by molar-refractivity contribution is 6.05. The number of benzene rings is 1. The summed E-state index contributed by atoms with van der Waals surface area (Å²) >= 11 is 0. The van der Waals surface area contributed by atoms with Crippen LogP contribution in [0.2, 0.25) is 0 Å². The zero-order valence-corrected chi connectivity index (χ0v) is 16.8. The first-order valence-corrected chi connectivity index (χ1v) is 9.77. The van der Waals surface area contributed by atoms with E-state index in [1.54, 1.807) is 30.5 Å². The average Bonchev–Trinajstić information content (AvgIpc) is 3.42. The van der Waals surface area contributed by atoms with E-state index in [-0.39, 0.29) is 5.91 Å². The molecule has 1 aliphatic carbocycles. The first-order chi connectivity index (χ1) is 13.8. The predicted octanol–water partition coefficient (Wildman–Crippen LogP) is 2.87. The van der Waals surface area contributed by atoms with E-state index in [1.807, 2.05) is 4.68 Å². The summed E-state index contributed by atoms with van der Waals surface area (Å²) in [4.78, 5) is 35.7. The van der Waals surface area contributed by atoms with Crippen LogP contribution < -0.4 is 10.6 Å². The molecule has 0 saturated heterocycles. The van der Waals surface area contributed by atoms with Crippen LogP contribution in [0.5, 0.6) is 0 Å². The van der Waals surface area contributed by atoms with Crippen molar-refractivity contribution in [3.63, 3.8) is 0 Å². The lowest BCUT2D eigenvalue weighted by molar-refractivity contribution is -0.138. The summed E-state index contributed by atoms with van der Waals surface area (Å²) in [5.41, 5.74) is 2.45. The second kappa shape index (κ2) is 8.46. The Morgan fingerprint density at radius 2 is 1.79 bits per heavy atom. The molecule has 1 atom stereocenters. The number of hydrogen-bond acceptors (Lipinski definition) is 4. The van der Waals surface area contributed by atoms with Crippen molar-refractivity contribution in [3.8, 4) is 0 Å². The number of anilines is 1. The first-order valence-electron chi connectivity index (χ1n) is 9.77. The minimum absolute atomic E-state index is 0.224. The van der Waals surface area contributed by atoms with Gasteiger partial charge in [0.15, 0.2) is 0 Å². The molecule has 8 heteroatoms. The Morgan fingerprint density at radius 1 is 1.14 bits per heavy atom. The van der Waals surface area contributed by atoms with E-state index in [0.29, 0.717) is 28.7 Å². The summed E-state index contributed by atoms with van der Waals surface area (Å²) in [6.45, 7) is 6.41. The van der Waals surface area contributed by atoms with Gasteiger partial charge in [0.2, 0.25) is 0 Å². The molecule has 0 aliphatic heterocycles. The van der Waals surface area contributed by atoms with Gasteiger partial charge in [-0.3, -0.25) is 19.1 Å². The fraction of sp³-hybridized carbons (Fsp3) is 0.429. The van der Waals surface area contributed by atoms with Crippen LogP contribution in [0.3, 0.4) is 0 Å². The molecule has 0 radical (unpaired) electrons. The number of rotatable bonds is 8. The van der Waals surface area contributed by atoms with Crippen LogP contribution in [0.25, 0.3) is 0 Å².